The van der Waals surface area contributed by atoms with Crippen LogP contribution in [0.1, 0.15) is 11.3 Å². The second-order valence-corrected chi connectivity index (χ2v) is 5.26. The molecule has 0 aliphatic heterocycles. The van der Waals surface area contributed by atoms with Gasteiger partial charge in [-0.15, -0.1) is 0 Å². The Balaban J connectivity index is 2.78. The van der Waals surface area contributed by atoms with E-state index in [-0.39, 0.29) is 5.52 Å². The highest BCUT2D eigenvalue weighted by molar-refractivity contribution is 5.86. The average molecular weight is 363 g/mol. The molecule has 0 spiro atoms. The second-order valence-electron chi connectivity index (χ2n) is 5.26. The number of alkyl halides is 9. The van der Waals surface area contributed by atoms with Crippen LogP contribution in [0.4, 0.5) is 39.5 Å². The van der Waals surface area contributed by atoms with Gasteiger partial charge in [0.2, 0.25) is 0 Å². The van der Waals surface area contributed by atoms with E-state index in [1.807, 2.05) is 0 Å². The molecule has 0 unspecified atom stereocenters. The summed E-state index contributed by atoms with van der Waals surface area (Å²) in [5.74, 6) is -19.3. The van der Waals surface area contributed by atoms with Crippen molar-refractivity contribution in [2.24, 2.45) is 7.05 Å². The van der Waals surface area contributed by atoms with Crippen molar-refractivity contribution in [2.75, 3.05) is 0 Å². The molecule has 1 aromatic heterocycles. The van der Waals surface area contributed by atoms with E-state index in [2.05, 4.69) is 0 Å². The Labute approximate surface area is 129 Å². The fourth-order valence-electron chi connectivity index (χ4n) is 2.45. The molecule has 0 saturated heterocycles. The largest absolute Gasteiger partial charge is 0.460 e. The van der Waals surface area contributed by atoms with Crippen molar-refractivity contribution >= 4 is 10.9 Å². The molecule has 134 valence electrons. The Hall–Kier alpha value is -1.87. The van der Waals surface area contributed by atoms with Crippen molar-refractivity contribution in [3.8, 4) is 0 Å². The standard InChI is InChI=1S/C14H10F9N/c1-7-10(8-5-3-4-6-9(8)24(7)2)11(15,16)12(17,18)13(19,20)14(21,22)23/h3-6H,1-2H3. The van der Waals surface area contributed by atoms with Crippen LogP contribution in [0.5, 0.6) is 0 Å². The van der Waals surface area contributed by atoms with E-state index in [4.69, 9.17) is 0 Å². The number of aryl methyl sites for hydroxylation is 1. The van der Waals surface area contributed by atoms with Crippen molar-refractivity contribution in [1.29, 1.82) is 0 Å². The number of fused-ring (bicyclic) bond motifs is 1. The summed E-state index contributed by atoms with van der Waals surface area (Å²) in [6.45, 7) is 0.936. The number of para-hydroxylation sites is 1. The first kappa shape index (κ1) is 18.5. The zero-order chi connectivity index (χ0) is 18.7. The van der Waals surface area contributed by atoms with Gasteiger partial charge >= 0.3 is 23.9 Å². The van der Waals surface area contributed by atoms with E-state index in [1.165, 1.54) is 25.2 Å². The Morgan fingerprint density at radius 3 is 1.79 bits per heavy atom. The zero-order valence-electron chi connectivity index (χ0n) is 12.2. The van der Waals surface area contributed by atoms with Gasteiger partial charge in [0.05, 0.1) is 5.56 Å². The molecule has 2 rings (SSSR count). The van der Waals surface area contributed by atoms with Gasteiger partial charge in [-0.3, -0.25) is 0 Å². The van der Waals surface area contributed by atoms with E-state index in [0.717, 1.165) is 17.6 Å². The summed E-state index contributed by atoms with van der Waals surface area (Å²) in [5.41, 5.74) is -2.11. The monoisotopic (exact) mass is 363 g/mol. The minimum absolute atomic E-state index is 0.00389. The Morgan fingerprint density at radius 2 is 1.29 bits per heavy atom. The summed E-state index contributed by atoms with van der Waals surface area (Å²) in [5, 5.41) is -0.528. The lowest BCUT2D eigenvalue weighted by molar-refractivity contribution is -0.399. The molecule has 0 aliphatic rings. The molecule has 0 atom stereocenters. The maximum atomic E-state index is 14.2. The molecule has 2 aromatic rings. The number of hydrogen-bond donors (Lipinski definition) is 0. The topological polar surface area (TPSA) is 4.93 Å². The normalized spacial score (nSPS) is 14.5. The summed E-state index contributed by atoms with van der Waals surface area (Å²) in [4.78, 5) is 0. The van der Waals surface area contributed by atoms with Crippen molar-refractivity contribution < 1.29 is 39.5 Å². The first-order valence-electron chi connectivity index (χ1n) is 6.42. The van der Waals surface area contributed by atoms with Crippen molar-refractivity contribution in [2.45, 2.75) is 30.9 Å². The Kier molecular flexibility index (Phi) is 3.89. The van der Waals surface area contributed by atoms with Crippen molar-refractivity contribution in [1.82, 2.24) is 4.57 Å². The van der Waals surface area contributed by atoms with Gasteiger partial charge in [-0.25, -0.2) is 0 Å². The lowest BCUT2D eigenvalue weighted by Crippen LogP contribution is -2.59. The van der Waals surface area contributed by atoms with Crippen LogP contribution in [0.15, 0.2) is 24.3 Å². The van der Waals surface area contributed by atoms with Gasteiger partial charge in [0.1, 0.15) is 0 Å². The molecular weight excluding hydrogens is 353 g/mol. The molecule has 0 aliphatic carbocycles. The number of aromatic nitrogens is 1. The Bertz CT molecular complexity index is 770. The quantitative estimate of drug-likeness (QED) is 0.643. The lowest BCUT2D eigenvalue weighted by Gasteiger charge is -2.34. The SMILES string of the molecule is Cc1c(C(F)(F)C(F)(F)C(F)(F)C(F)(F)F)c2ccccc2n1C. The third-order valence-corrected chi connectivity index (χ3v) is 3.86. The van der Waals surface area contributed by atoms with Gasteiger partial charge in [-0.05, 0) is 13.0 Å². The highest BCUT2D eigenvalue weighted by atomic mass is 19.4. The van der Waals surface area contributed by atoms with Gasteiger partial charge < -0.3 is 4.57 Å². The minimum Gasteiger partial charge on any atom is -0.347 e. The molecule has 0 amide bonds. The third-order valence-electron chi connectivity index (χ3n) is 3.86. The first-order chi connectivity index (χ1) is 10.7. The summed E-state index contributed by atoms with van der Waals surface area (Å²) >= 11 is 0. The minimum atomic E-state index is -6.91. The van der Waals surface area contributed by atoms with Crippen LogP contribution < -0.4 is 0 Å². The molecule has 0 bridgehead atoms. The van der Waals surface area contributed by atoms with Gasteiger partial charge in [-0.2, -0.15) is 39.5 Å². The molecule has 0 radical (unpaired) electrons. The fraction of sp³-hybridized carbons (Fsp3) is 0.429. The average Bonchev–Trinajstić information content (AvgIpc) is 2.70. The lowest BCUT2D eigenvalue weighted by atomic mass is 9.94. The Morgan fingerprint density at radius 1 is 0.792 bits per heavy atom. The van der Waals surface area contributed by atoms with Crippen LogP contribution >= 0.6 is 0 Å². The molecule has 24 heavy (non-hydrogen) atoms. The van der Waals surface area contributed by atoms with E-state index >= 15 is 0 Å². The number of benzene rings is 1. The maximum Gasteiger partial charge on any atom is 0.460 e. The second kappa shape index (κ2) is 5.06. The van der Waals surface area contributed by atoms with Gasteiger partial charge in [0.25, 0.3) is 0 Å². The summed E-state index contributed by atoms with van der Waals surface area (Å²) < 4.78 is 120. The molecular formula is C14H10F9N. The molecule has 1 nitrogen and oxygen atoms in total. The van der Waals surface area contributed by atoms with Crippen LogP contribution in [0.2, 0.25) is 0 Å². The number of hydrogen-bond acceptors (Lipinski definition) is 0. The highest BCUT2D eigenvalue weighted by Gasteiger charge is 2.82. The highest BCUT2D eigenvalue weighted by Crippen LogP contribution is 2.58. The predicted octanol–water partition coefficient (Wildman–Crippen LogP) is 5.41. The summed E-state index contributed by atoms with van der Waals surface area (Å²) in [6.07, 6.45) is -6.83. The van der Waals surface area contributed by atoms with Gasteiger partial charge in [-0.1, -0.05) is 18.2 Å². The van der Waals surface area contributed by atoms with E-state index < -0.39 is 40.6 Å². The summed E-state index contributed by atoms with van der Waals surface area (Å²) in [7, 11) is 1.21. The van der Waals surface area contributed by atoms with Crippen LogP contribution in [0.3, 0.4) is 0 Å². The molecule has 10 heteroatoms. The van der Waals surface area contributed by atoms with E-state index in [9.17, 15) is 39.5 Å². The van der Waals surface area contributed by atoms with E-state index in [1.54, 1.807) is 0 Å². The van der Waals surface area contributed by atoms with Gasteiger partial charge in [0.15, 0.2) is 0 Å². The molecule has 0 N–H and O–H groups in total. The number of halogens is 9. The van der Waals surface area contributed by atoms with Crippen LogP contribution in [-0.2, 0) is 13.0 Å². The van der Waals surface area contributed by atoms with E-state index in [0.29, 0.717) is 0 Å². The zero-order valence-corrected chi connectivity index (χ0v) is 12.2. The van der Waals surface area contributed by atoms with Crippen molar-refractivity contribution in [3.05, 3.63) is 35.5 Å². The fourth-order valence-corrected chi connectivity index (χ4v) is 2.45. The van der Waals surface area contributed by atoms with Gasteiger partial charge in [0, 0.05) is 23.6 Å². The maximum absolute atomic E-state index is 14.2. The smallest absolute Gasteiger partial charge is 0.347 e. The number of nitrogens with zero attached hydrogens (tertiary/aromatic N) is 1. The summed E-state index contributed by atoms with van der Waals surface area (Å²) in [6, 6.07) is 4.77. The molecule has 0 fully saturated rings. The van der Waals surface area contributed by atoms with Crippen LogP contribution in [0, 0.1) is 6.92 Å². The third kappa shape index (κ3) is 2.18. The van der Waals surface area contributed by atoms with Crippen LogP contribution in [-0.4, -0.2) is 22.6 Å². The molecule has 1 aromatic carbocycles. The molecule has 1 heterocycles. The number of rotatable bonds is 3. The first-order valence-corrected chi connectivity index (χ1v) is 6.42. The predicted molar refractivity (Wildman–Crippen MR) is 67.5 cm³/mol. The van der Waals surface area contributed by atoms with Crippen LogP contribution in [0.25, 0.3) is 10.9 Å². The van der Waals surface area contributed by atoms with Crippen molar-refractivity contribution in [3.63, 3.8) is 0 Å². The molecule has 0 saturated carbocycles.